The summed E-state index contributed by atoms with van der Waals surface area (Å²) in [5.74, 6) is 0.439. The Morgan fingerprint density at radius 2 is 1.83 bits per heavy atom. The van der Waals surface area contributed by atoms with Gasteiger partial charge in [-0.15, -0.1) is 5.10 Å². The molecule has 0 bridgehead atoms. The van der Waals surface area contributed by atoms with Crippen molar-refractivity contribution in [3.05, 3.63) is 11.9 Å². The van der Waals surface area contributed by atoms with Gasteiger partial charge in [-0.2, -0.15) is 0 Å². The Morgan fingerprint density at radius 1 is 1.17 bits per heavy atom. The quantitative estimate of drug-likeness (QED) is 0.860. The van der Waals surface area contributed by atoms with E-state index >= 15 is 0 Å². The largest absolute Gasteiger partial charge is 0.353 e. The summed E-state index contributed by atoms with van der Waals surface area (Å²) in [6.07, 6.45) is 7.70. The molecule has 0 saturated heterocycles. The van der Waals surface area contributed by atoms with E-state index in [2.05, 4.69) is 15.6 Å². The summed E-state index contributed by atoms with van der Waals surface area (Å²) in [7, 11) is 0. The average Bonchev–Trinajstić information content (AvgIpc) is 3.34. The van der Waals surface area contributed by atoms with Gasteiger partial charge in [0.2, 0.25) is 5.91 Å². The van der Waals surface area contributed by atoms with E-state index in [4.69, 9.17) is 0 Å². The number of nitrogens with zero attached hydrogens (tertiary/aromatic N) is 4. The van der Waals surface area contributed by atoms with Crippen LogP contribution in [0.25, 0.3) is 0 Å². The zero-order valence-electron chi connectivity index (χ0n) is 14.6. The average molecular weight is 333 g/mol. The summed E-state index contributed by atoms with van der Waals surface area (Å²) in [5, 5.41) is 11.4. The van der Waals surface area contributed by atoms with Gasteiger partial charge in [-0.1, -0.05) is 5.21 Å². The zero-order chi connectivity index (χ0) is 17.1. The molecule has 7 heteroatoms. The Kier molecular flexibility index (Phi) is 5.16. The van der Waals surface area contributed by atoms with E-state index in [0.717, 1.165) is 38.5 Å². The number of nitrogens with one attached hydrogen (secondary N) is 1. The maximum atomic E-state index is 12.3. The van der Waals surface area contributed by atoms with Crippen LogP contribution >= 0.6 is 0 Å². The highest BCUT2D eigenvalue weighted by molar-refractivity contribution is 5.91. The van der Waals surface area contributed by atoms with Gasteiger partial charge in [0.1, 0.15) is 0 Å². The zero-order valence-corrected chi connectivity index (χ0v) is 14.6. The molecular weight excluding hydrogens is 306 g/mol. The fourth-order valence-electron chi connectivity index (χ4n) is 3.38. The molecule has 0 radical (unpaired) electrons. The summed E-state index contributed by atoms with van der Waals surface area (Å²) in [5.41, 5.74) is 0.419. The normalized spacial score (nSPS) is 23.8. The summed E-state index contributed by atoms with van der Waals surface area (Å²) < 4.78 is 1.83. The molecule has 0 aliphatic heterocycles. The van der Waals surface area contributed by atoms with E-state index in [9.17, 15) is 9.59 Å². The van der Waals surface area contributed by atoms with Crippen molar-refractivity contribution in [1.82, 2.24) is 25.2 Å². The van der Waals surface area contributed by atoms with Crippen molar-refractivity contribution >= 4 is 11.8 Å². The van der Waals surface area contributed by atoms with Gasteiger partial charge in [-0.05, 0) is 52.4 Å². The molecule has 1 aromatic heterocycles. The van der Waals surface area contributed by atoms with E-state index in [-0.39, 0.29) is 29.8 Å². The predicted molar refractivity (Wildman–Crippen MR) is 89.4 cm³/mol. The molecule has 0 atom stereocenters. The van der Waals surface area contributed by atoms with Gasteiger partial charge in [0.25, 0.3) is 5.91 Å². The van der Waals surface area contributed by atoms with Gasteiger partial charge in [0.05, 0.1) is 12.2 Å². The molecule has 3 rings (SSSR count). The molecule has 24 heavy (non-hydrogen) atoms. The summed E-state index contributed by atoms with van der Waals surface area (Å²) >= 11 is 0. The van der Waals surface area contributed by atoms with Gasteiger partial charge in [0, 0.05) is 25.0 Å². The highest BCUT2D eigenvalue weighted by Gasteiger charge is 2.32. The van der Waals surface area contributed by atoms with Crippen LogP contribution in [0.3, 0.4) is 0 Å². The number of hydrogen-bond acceptors (Lipinski definition) is 4. The Morgan fingerprint density at radius 3 is 2.42 bits per heavy atom. The maximum Gasteiger partial charge on any atom is 0.276 e. The number of carbonyl (C=O) groups excluding carboxylic acids is 2. The molecule has 2 saturated carbocycles. The minimum absolute atomic E-state index is 0.0587. The first-order valence-corrected chi connectivity index (χ1v) is 9.13. The lowest BCUT2D eigenvalue weighted by molar-refractivity contribution is -0.123. The van der Waals surface area contributed by atoms with Crippen molar-refractivity contribution < 1.29 is 9.59 Å². The lowest BCUT2D eigenvalue weighted by Crippen LogP contribution is -2.38. The third-order valence-electron chi connectivity index (χ3n) is 5.15. The standard InChI is InChI=1S/C17H27N5O2/c1-3-21(4-2)17(24)15-11-22(20-19-15)14-9-7-13(8-10-14)18-16(23)12-5-6-12/h11-14H,3-10H2,1-2H3,(H,18,23). The first-order valence-electron chi connectivity index (χ1n) is 9.13. The molecule has 1 N–H and O–H groups in total. The van der Waals surface area contributed by atoms with Crippen LogP contribution in [0.1, 0.15) is 68.9 Å². The second-order valence-corrected chi connectivity index (χ2v) is 6.85. The van der Waals surface area contributed by atoms with E-state index in [1.807, 2.05) is 18.5 Å². The van der Waals surface area contributed by atoms with Crippen LogP contribution in [0.4, 0.5) is 0 Å². The molecule has 2 fully saturated rings. The topological polar surface area (TPSA) is 80.1 Å². The Hall–Kier alpha value is -1.92. The van der Waals surface area contributed by atoms with Gasteiger partial charge >= 0.3 is 0 Å². The van der Waals surface area contributed by atoms with Crippen LogP contribution < -0.4 is 5.32 Å². The lowest BCUT2D eigenvalue weighted by atomic mass is 9.91. The van der Waals surface area contributed by atoms with E-state index < -0.39 is 0 Å². The number of aromatic nitrogens is 3. The predicted octanol–water partition coefficient (Wildman–Crippen LogP) is 1.77. The molecule has 0 spiro atoms. The maximum absolute atomic E-state index is 12.3. The summed E-state index contributed by atoms with van der Waals surface area (Å²) in [6.45, 7) is 5.27. The van der Waals surface area contributed by atoms with Gasteiger partial charge < -0.3 is 10.2 Å². The second kappa shape index (κ2) is 7.32. The number of amides is 2. The first kappa shape index (κ1) is 16.9. The molecule has 0 unspecified atom stereocenters. The molecule has 2 aliphatic rings. The third kappa shape index (κ3) is 3.76. The summed E-state index contributed by atoms with van der Waals surface area (Å²) in [6, 6.07) is 0.555. The van der Waals surface area contributed by atoms with Crippen molar-refractivity contribution in [2.24, 2.45) is 5.92 Å². The molecular formula is C17H27N5O2. The molecule has 132 valence electrons. The fraction of sp³-hybridized carbons (Fsp3) is 0.765. The molecule has 1 aromatic rings. The smallest absolute Gasteiger partial charge is 0.276 e. The molecule has 2 aliphatic carbocycles. The highest BCUT2D eigenvalue weighted by atomic mass is 16.2. The monoisotopic (exact) mass is 333 g/mol. The SMILES string of the molecule is CCN(CC)C(=O)c1cn(C2CCC(NC(=O)C3CC3)CC2)nn1. The Balaban J connectivity index is 1.53. The van der Waals surface area contributed by atoms with Crippen molar-refractivity contribution in [2.75, 3.05) is 13.1 Å². The molecule has 7 nitrogen and oxygen atoms in total. The van der Waals surface area contributed by atoms with E-state index in [0.29, 0.717) is 18.8 Å². The van der Waals surface area contributed by atoms with E-state index in [1.165, 1.54) is 0 Å². The van der Waals surface area contributed by atoms with Crippen molar-refractivity contribution in [3.8, 4) is 0 Å². The van der Waals surface area contributed by atoms with Crippen LogP contribution in [0.15, 0.2) is 6.20 Å². The minimum atomic E-state index is -0.0587. The number of hydrogen-bond donors (Lipinski definition) is 1. The van der Waals surface area contributed by atoms with Crippen LogP contribution in [-0.4, -0.2) is 50.8 Å². The second-order valence-electron chi connectivity index (χ2n) is 6.85. The van der Waals surface area contributed by atoms with Crippen LogP contribution in [0.2, 0.25) is 0 Å². The van der Waals surface area contributed by atoms with Gasteiger partial charge in [0.15, 0.2) is 5.69 Å². The molecule has 1 heterocycles. The van der Waals surface area contributed by atoms with Crippen molar-refractivity contribution in [3.63, 3.8) is 0 Å². The first-order chi connectivity index (χ1) is 11.6. The third-order valence-corrected chi connectivity index (χ3v) is 5.15. The number of carbonyl (C=O) groups is 2. The summed E-state index contributed by atoms with van der Waals surface area (Å²) in [4.78, 5) is 25.9. The minimum Gasteiger partial charge on any atom is -0.353 e. The van der Waals surface area contributed by atoms with Gasteiger partial charge in [-0.25, -0.2) is 4.68 Å². The highest BCUT2D eigenvalue weighted by Crippen LogP contribution is 2.31. The Bertz CT molecular complexity index is 584. The van der Waals surface area contributed by atoms with Crippen molar-refractivity contribution in [1.29, 1.82) is 0 Å². The van der Waals surface area contributed by atoms with Crippen LogP contribution in [0, 0.1) is 5.92 Å². The van der Waals surface area contributed by atoms with E-state index in [1.54, 1.807) is 11.1 Å². The fourth-order valence-corrected chi connectivity index (χ4v) is 3.38. The van der Waals surface area contributed by atoms with Crippen molar-refractivity contribution in [2.45, 2.75) is 64.5 Å². The lowest BCUT2D eigenvalue weighted by Gasteiger charge is -2.29. The van der Waals surface area contributed by atoms with Crippen LogP contribution in [-0.2, 0) is 4.79 Å². The number of rotatable bonds is 6. The molecule has 0 aromatic carbocycles. The van der Waals surface area contributed by atoms with Crippen LogP contribution in [0.5, 0.6) is 0 Å². The van der Waals surface area contributed by atoms with Gasteiger partial charge in [-0.3, -0.25) is 9.59 Å². The Labute approximate surface area is 142 Å². The molecule has 2 amide bonds.